The first-order valence-electron chi connectivity index (χ1n) is 17.5. The lowest BCUT2D eigenvalue weighted by molar-refractivity contribution is 0.0696. The third-order valence-electron chi connectivity index (χ3n) is 9.63. The van der Waals surface area contributed by atoms with Crippen molar-refractivity contribution < 1.29 is 27.9 Å². The number of rotatable bonds is 13. The average Bonchev–Trinajstić information content (AvgIpc) is 3.51. The molecular weight excluding hydrogens is 679 g/mol. The number of aryl methyl sites for hydroxylation is 2. The van der Waals surface area contributed by atoms with Crippen LogP contribution in [0.4, 0.5) is 11.5 Å². The molecule has 4 N–H and O–H groups in total. The molecule has 11 nitrogen and oxygen atoms in total. The van der Waals surface area contributed by atoms with Gasteiger partial charge in [0.05, 0.1) is 16.0 Å². The fourth-order valence-corrected chi connectivity index (χ4v) is 8.50. The highest BCUT2D eigenvalue weighted by Gasteiger charge is 2.32. The minimum Gasteiger partial charge on any atom is -0.478 e. The lowest BCUT2D eigenvalue weighted by Crippen LogP contribution is -2.46. The lowest BCUT2D eigenvalue weighted by Gasteiger charge is -2.36. The Labute approximate surface area is 303 Å². The summed E-state index contributed by atoms with van der Waals surface area (Å²) in [5.41, 5.74) is 4.08. The monoisotopic (exact) mass is 721 g/mol. The number of nitrogens with one attached hydrogen (secondary N) is 3. The largest absolute Gasteiger partial charge is 0.478 e. The molecule has 1 aliphatic heterocycles. The Kier molecular flexibility index (Phi) is 11.2. The van der Waals surface area contributed by atoms with Gasteiger partial charge in [0.25, 0.3) is 11.8 Å². The van der Waals surface area contributed by atoms with Crippen LogP contribution in [0.15, 0.2) is 102 Å². The van der Waals surface area contributed by atoms with Gasteiger partial charge in [0.2, 0.25) is 10.0 Å². The Morgan fingerprint density at radius 3 is 2.13 bits per heavy atom. The minimum atomic E-state index is -3.85. The molecule has 0 saturated carbocycles. The summed E-state index contributed by atoms with van der Waals surface area (Å²) in [5.74, 6) is -1.71. The van der Waals surface area contributed by atoms with E-state index in [0.717, 1.165) is 56.3 Å². The number of nitrogens with zero attached hydrogens (tertiary/aromatic N) is 2. The maximum atomic E-state index is 13.8. The molecular formula is C40H43N5O6S. The van der Waals surface area contributed by atoms with E-state index in [4.69, 9.17) is 5.11 Å². The molecule has 52 heavy (non-hydrogen) atoms. The number of anilines is 2. The summed E-state index contributed by atoms with van der Waals surface area (Å²) in [6.45, 7) is 3.80. The number of H-pyrrole nitrogens is 1. The number of aromatic carboxylic acids is 1. The molecule has 4 aromatic carbocycles. The number of aromatic nitrogens is 1. The number of carboxylic acids is 1. The molecule has 0 atom stereocenters. The lowest BCUT2D eigenvalue weighted by atomic mass is 10.0. The Bertz CT molecular complexity index is 2170. The molecule has 1 saturated heterocycles. The van der Waals surface area contributed by atoms with Crippen LogP contribution >= 0.6 is 0 Å². The molecule has 2 heterocycles. The zero-order chi connectivity index (χ0) is 36.8. The summed E-state index contributed by atoms with van der Waals surface area (Å²) >= 11 is 0. The first kappa shape index (κ1) is 36.5. The number of carboxylic acid groups (broad SMARTS) is 1. The van der Waals surface area contributed by atoms with Crippen LogP contribution in [-0.2, 0) is 22.9 Å². The van der Waals surface area contributed by atoms with Gasteiger partial charge in [-0.15, -0.1) is 0 Å². The predicted octanol–water partition coefficient (Wildman–Crippen LogP) is 6.65. The highest BCUT2D eigenvalue weighted by atomic mass is 32.2. The highest BCUT2D eigenvalue weighted by molar-refractivity contribution is 7.89. The van der Waals surface area contributed by atoms with Gasteiger partial charge in [-0.3, -0.25) is 9.59 Å². The van der Waals surface area contributed by atoms with E-state index in [1.165, 1.54) is 16.4 Å². The molecule has 5 aromatic rings. The van der Waals surface area contributed by atoms with Crippen molar-refractivity contribution >= 4 is 50.2 Å². The number of amides is 2. The SMILES string of the molecule is CCN(C1CCN(C)CC1)S(=O)(=O)c1cccc(C(=O)Nc2[nH]c3ccccc3c2C(=O)Nc2ccc(CCCc3ccc(C(=O)O)cc3)cc2)c1. The molecule has 1 aliphatic rings. The van der Waals surface area contributed by atoms with E-state index in [0.29, 0.717) is 23.1 Å². The van der Waals surface area contributed by atoms with Crippen LogP contribution < -0.4 is 10.6 Å². The van der Waals surface area contributed by atoms with Crippen molar-refractivity contribution in [2.45, 2.75) is 50.0 Å². The number of carbonyl (C=O) groups is 3. The number of benzene rings is 4. The quantitative estimate of drug-likeness (QED) is 0.106. The van der Waals surface area contributed by atoms with E-state index >= 15 is 0 Å². The van der Waals surface area contributed by atoms with Gasteiger partial charge in [0.1, 0.15) is 5.82 Å². The number of sulfonamides is 1. The number of hydrogen-bond acceptors (Lipinski definition) is 6. The summed E-state index contributed by atoms with van der Waals surface area (Å²) in [6, 6.07) is 27.6. The number of likely N-dealkylation sites (tertiary alicyclic amines) is 1. The van der Waals surface area contributed by atoms with Crippen molar-refractivity contribution in [3.63, 3.8) is 0 Å². The topological polar surface area (TPSA) is 152 Å². The average molecular weight is 722 g/mol. The third-order valence-corrected chi connectivity index (χ3v) is 11.6. The van der Waals surface area contributed by atoms with Gasteiger partial charge in [-0.2, -0.15) is 4.31 Å². The maximum absolute atomic E-state index is 13.8. The van der Waals surface area contributed by atoms with Crippen molar-refractivity contribution in [2.75, 3.05) is 37.3 Å². The van der Waals surface area contributed by atoms with Crippen molar-refractivity contribution in [1.29, 1.82) is 0 Å². The second-order valence-corrected chi connectivity index (χ2v) is 15.0. The van der Waals surface area contributed by atoms with Crippen LogP contribution in [0.3, 0.4) is 0 Å². The smallest absolute Gasteiger partial charge is 0.335 e. The zero-order valence-electron chi connectivity index (χ0n) is 29.3. The molecule has 0 unspecified atom stereocenters. The Balaban J connectivity index is 1.14. The fourth-order valence-electron chi connectivity index (χ4n) is 6.76. The molecule has 0 spiro atoms. The van der Waals surface area contributed by atoms with Gasteiger partial charge in [0, 0.05) is 34.7 Å². The zero-order valence-corrected chi connectivity index (χ0v) is 30.1. The predicted molar refractivity (Wildman–Crippen MR) is 203 cm³/mol. The van der Waals surface area contributed by atoms with Crippen molar-refractivity contribution in [1.82, 2.24) is 14.2 Å². The van der Waals surface area contributed by atoms with Crippen LogP contribution in [0.5, 0.6) is 0 Å². The van der Waals surface area contributed by atoms with Crippen LogP contribution in [0, 0.1) is 0 Å². The van der Waals surface area contributed by atoms with Crippen LogP contribution in [0.2, 0.25) is 0 Å². The number of fused-ring (bicyclic) bond motifs is 1. The van der Waals surface area contributed by atoms with Crippen molar-refractivity contribution in [3.8, 4) is 0 Å². The third kappa shape index (κ3) is 8.25. The highest BCUT2D eigenvalue weighted by Crippen LogP contribution is 2.29. The molecule has 270 valence electrons. The van der Waals surface area contributed by atoms with Crippen LogP contribution in [0.25, 0.3) is 10.9 Å². The molecule has 0 bridgehead atoms. The number of hydrogen-bond donors (Lipinski definition) is 4. The number of carbonyl (C=O) groups excluding carboxylic acids is 2. The maximum Gasteiger partial charge on any atom is 0.335 e. The van der Waals surface area contributed by atoms with Crippen molar-refractivity contribution in [2.24, 2.45) is 0 Å². The van der Waals surface area contributed by atoms with Gasteiger partial charge < -0.3 is 25.6 Å². The first-order chi connectivity index (χ1) is 25.0. The van der Waals surface area contributed by atoms with E-state index < -0.39 is 27.8 Å². The van der Waals surface area contributed by atoms with Gasteiger partial charge in [-0.25, -0.2) is 13.2 Å². The molecule has 6 rings (SSSR count). The first-order valence-corrected chi connectivity index (χ1v) is 18.9. The minimum absolute atomic E-state index is 0.0494. The summed E-state index contributed by atoms with van der Waals surface area (Å²) in [7, 11) is -1.82. The molecule has 1 fully saturated rings. The Morgan fingerprint density at radius 2 is 1.48 bits per heavy atom. The Hall–Kier alpha value is -5.30. The molecule has 0 radical (unpaired) electrons. The van der Waals surface area contributed by atoms with Crippen LogP contribution in [0.1, 0.15) is 68.4 Å². The van der Waals surface area contributed by atoms with Gasteiger partial charge in [-0.05, 0) is 112 Å². The fraction of sp³-hybridized carbons (Fsp3) is 0.275. The molecule has 2 amide bonds. The van der Waals surface area contributed by atoms with Crippen molar-refractivity contribution in [3.05, 3.63) is 125 Å². The van der Waals surface area contributed by atoms with Gasteiger partial charge >= 0.3 is 5.97 Å². The standard InChI is InChI=1S/C40H43N5O6S/c1-3-45(32-22-24-44(2)25-23-32)52(50,51)33-11-7-10-30(26-33)38(46)43-37-36(34-12-4-5-13-35(34)42-37)39(47)41-31-20-16-28(17-21-31)9-6-8-27-14-18-29(19-15-27)40(48)49/h4-5,7,10-21,26,32,42H,3,6,8-9,22-25H2,1-2H3,(H,41,47)(H,43,46)(H,48,49). The molecule has 12 heteroatoms. The number of piperidine rings is 1. The number of aromatic amines is 1. The summed E-state index contributed by atoms with van der Waals surface area (Å²) in [4.78, 5) is 43.9. The normalized spacial score (nSPS) is 14.1. The van der Waals surface area contributed by atoms with Crippen LogP contribution in [-0.4, -0.2) is 78.2 Å². The van der Waals surface area contributed by atoms with E-state index in [9.17, 15) is 22.8 Å². The Morgan fingerprint density at radius 1 is 0.827 bits per heavy atom. The summed E-state index contributed by atoms with van der Waals surface area (Å²) in [6.07, 6.45) is 3.98. The van der Waals surface area contributed by atoms with E-state index in [1.54, 1.807) is 30.3 Å². The molecule has 1 aromatic heterocycles. The molecule has 0 aliphatic carbocycles. The summed E-state index contributed by atoms with van der Waals surface area (Å²) in [5, 5.41) is 15.5. The van der Waals surface area contributed by atoms with Gasteiger partial charge in [-0.1, -0.05) is 55.5 Å². The number of para-hydroxylation sites is 1. The second kappa shape index (κ2) is 15.9. The van der Waals surface area contributed by atoms with Gasteiger partial charge in [0.15, 0.2) is 0 Å². The van der Waals surface area contributed by atoms with E-state index in [1.807, 2.05) is 68.6 Å². The van der Waals surface area contributed by atoms with E-state index in [-0.39, 0.29) is 33.4 Å². The summed E-state index contributed by atoms with van der Waals surface area (Å²) < 4.78 is 29.1. The van der Waals surface area contributed by atoms with E-state index in [2.05, 4.69) is 20.5 Å². The second-order valence-electron chi connectivity index (χ2n) is 13.2.